The van der Waals surface area contributed by atoms with Crippen LogP contribution in [0.25, 0.3) is 32.9 Å². The van der Waals surface area contributed by atoms with Gasteiger partial charge in [-0.2, -0.15) is 8.73 Å². The van der Waals surface area contributed by atoms with Gasteiger partial charge in [0.05, 0.1) is 5.39 Å². The van der Waals surface area contributed by atoms with E-state index in [2.05, 4.69) is 87.6 Å². The van der Waals surface area contributed by atoms with Crippen LogP contribution in [0.4, 0.5) is 0 Å². The first kappa shape index (κ1) is 12.0. The second kappa shape index (κ2) is 4.46. The Bertz CT molecular complexity index is 1110. The van der Waals surface area contributed by atoms with Crippen LogP contribution >= 0.6 is 8.35 Å². The number of benzene rings is 3. The molecule has 0 spiro atoms. The highest BCUT2D eigenvalue weighted by Gasteiger charge is 2.24. The predicted octanol–water partition coefficient (Wildman–Crippen LogP) is 4.55. The zero-order chi connectivity index (χ0) is 14.5. The van der Waals surface area contributed by atoms with Gasteiger partial charge in [0.1, 0.15) is 5.69 Å². The fourth-order valence-corrected chi connectivity index (χ4v) is 4.62. The van der Waals surface area contributed by atoms with Crippen LogP contribution in [-0.2, 0) is 0 Å². The lowest BCUT2D eigenvalue weighted by atomic mass is 10.2. The lowest BCUT2D eigenvalue weighted by molar-refractivity contribution is -0.537. The largest absolute Gasteiger partial charge is 0.303 e. The fraction of sp³-hybridized carbons (Fsp3) is 0. The molecule has 0 saturated carbocycles. The van der Waals surface area contributed by atoms with Crippen molar-refractivity contribution in [1.82, 2.24) is 4.16 Å². The van der Waals surface area contributed by atoms with E-state index in [0.29, 0.717) is 8.35 Å². The Kier molecular flexibility index (Phi) is 2.44. The van der Waals surface area contributed by atoms with E-state index in [-0.39, 0.29) is 0 Å². The van der Waals surface area contributed by atoms with Crippen molar-refractivity contribution in [3.63, 3.8) is 0 Å². The maximum absolute atomic E-state index is 2.45. The molecule has 3 aromatic carbocycles. The normalized spacial score (nSPS) is 12.0. The first-order chi connectivity index (χ1) is 10.9. The van der Waals surface area contributed by atoms with E-state index in [1.54, 1.807) is 0 Å². The number of nitrogens with zero attached hydrogens (tertiary/aromatic N) is 2. The number of hydrogen-bond donors (Lipinski definition) is 0. The molecule has 0 aliphatic carbocycles. The molecule has 0 fully saturated rings. The monoisotopic (exact) mass is 301 g/mol. The summed E-state index contributed by atoms with van der Waals surface area (Å²) < 4.78 is 4.83. The molecule has 0 N–H and O–H groups in total. The number of aromatic nitrogens is 2. The van der Waals surface area contributed by atoms with E-state index in [0.717, 1.165) is 0 Å². The molecule has 0 aliphatic heterocycles. The van der Waals surface area contributed by atoms with Gasteiger partial charge in [-0.3, -0.25) is 0 Å². The van der Waals surface area contributed by atoms with Gasteiger partial charge >= 0.3 is 5.65 Å². The molecule has 22 heavy (non-hydrogen) atoms. The van der Waals surface area contributed by atoms with Crippen LogP contribution in [-0.4, -0.2) is 4.16 Å². The van der Waals surface area contributed by atoms with Gasteiger partial charge in [-0.05, 0) is 36.4 Å². The summed E-state index contributed by atoms with van der Waals surface area (Å²) in [7, 11) is 0.666. The van der Waals surface area contributed by atoms with Crippen molar-refractivity contribution < 1.29 is 4.57 Å². The van der Waals surface area contributed by atoms with Crippen LogP contribution in [0.5, 0.6) is 0 Å². The summed E-state index contributed by atoms with van der Waals surface area (Å²) in [6, 6.07) is 28.0. The highest BCUT2D eigenvalue weighted by molar-refractivity contribution is 7.34. The van der Waals surface area contributed by atoms with E-state index in [9.17, 15) is 0 Å². The number of rotatable bonds is 1. The number of imidazole rings is 1. The molecule has 0 saturated heterocycles. The van der Waals surface area contributed by atoms with Crippen LogP contribution in [0.15, 0.2) is 78.9 Å². The second-order valence-electron chi connectivity index (χ2n) is 5.48. The molecule has 2 aromatic heterocycles. The van der Waals surface area contributed by atoms with Gasteiger partial charge < -0.3 is 0 Å². The lowest BCUT2D eigenvalue weighted by Crippen LogP contribution is -2.29. The standard InChI is InChI=1S/C19H14N2P/c1-2-8-14(9-3-1)20-16-11-5-6-12-17(16)21-19(20)15-10-4-7-13-18(15)22-21/h1-13,22H/q+1. The van der Waals surface area contributed by atoms with Crippen molar-refractivity contribution in [3.8, 4) is 5.69 Å². The van der Waals surface area contributed by atoms with Crippen molar-refractivity contribution in [2.45, 2.75) is 0 Å². The van der Waals surface area contributed by atoms with Gasteiger partial charge in [-0.1, -0.05) is 42.5 Å². The molecule has 5 rings (SSSR count). The molecule has 1 atom stereocenters. The van der Waals surface area contributed by atoms with E-state index in [1.807, 2.05) is 0 Å². The van der Waals surface area contributed by atoms with Gasteiger partial charge in [-0.25, -0.2) is 0 Å². The molecular formula is C19H14N2P+. The zero-order valence-corrected chi connectivity index (χ0v) is 12.9. The Hall–Kier alpha value is -2.57. The SMILES string of the molecule is c1ccc(-[n+]2c3ccccc3n3[pH]c4ccccc4c32)cc1. The van der Waals surface area contributed by atoms with Crippen molar-refractivity contribution in [3.05, 3.63) is 78.9 Å². The molecular weight excluding hydrogens is 287 g/mol. The van der Waals surface area contributed by atoms with E-state index in [4.69, 9.17) is 0 Å². The fourth-order valence-electron chi connectivity index (χ4n) is 3.26. The first-order valence-corrected chi connectivity index (χ1v) is 8.35. The van der Waals surface area contributed by atoms with Crippen LogP contribution in [0.2, 0.25) is 0 Å². The summed E-state index contributed by atoms with van der Waals surface area (Å²) in [5.74, 6) is 0. The van der Waals surface area contributed by atoms with Crippen molar-refractivity contribution in [2.24, 2.45) is 0 Å². The molecule has 104 valence electrons. The molecule has 0 aliphatic rings. The van der Waals surface area contributed by atoms with Crippen molar-refractivity contribution in [2.75, 3.05) is 0 Å². The van der Waals surface area contributed by atoms with E-state index >= 15 is 0 Å². The lowest BCUT2D eigenvalue weighted by Gasteiger charge is -1.98. The van der Waals surface area contributed by atoms with E-state index < -0.39 is 0 Å². The van der Waals surface area contributed by atoms with Gasteiger partial charge in [0.15, 0.2) is 11.0 Å². The maximum atomic E-state index is 2.45. The molecule has 0 bridgehead atoms. The second-order valence-corrected chi connectivity index (χ2v) is 6.69. The summed E-state index contributed by atoms with van der Waals surface area (Å²) in [6.07, 6.45) is 0. The summed E-state index contributed by atoms with van der Waals surface area (Å²) in [5.41, 5.74) is 5.08. The topological polar surface area (TPSA) is 8.29 Å². The molecule has 2 heterocycles. The minimum Gasteiger partial charge on any atom is -0.187 e. The van der Waals surface area contributed by atoms with Gasteiger partial charge in [0, 0.05) is 13.5 Å². The average molecular weight is 301 g/mol. The van der Waals surface area contributed by atoms with Gasteiger partial charge in [0.2, 0.25) is 0 Å². The molecule has 2 nitrogen and oxygen atoms in total. The maximum Gasteiger partial charge on any atom is 0.303 e. The number of hydrogen-bond acceptors (Lipinski definition) is 0. The molecule has 3 heteroatoms. The molecule has 0 amide bonds. The highest BCUT2D eigenvalue weighted by Crippen LogP contribution is 2.33. The van der Waals surface area contributed by atoms with Crippen molar-refractivity contribution in [1.29, 1.82) is 0 Å². The molecule has 0 radical (unpaired) electrons. The predicted molar refractivity (Wildman–Crippen MR) is 93.4 cm³/mol. The van der Waals surface area contributed by atoms with Crippen molar-refractivity contribution >= 4 is 35.5 Å². The van der Waals surface area contributed by atoms with Gasteiger partial charge in [-0.15, -0.1) is 0 Å². The summed E-state index contributed by atoms with van der Waals surface area (Å²) in [4.78, 5) is 0. The van der Waals surface area contributed by atoms with Crippen LogP contribution < -0.4 is 4.57 Å². The van der Waals surface area contributed by atoms with Gasteiger partial charge in [0.25, 0.3) is 0 Å². The summed E-state index contributed by atoms with van der Waals surface area (Å²) in [6.45, 7) is 0. The van der Waals surface area contributed by atoms with Crippen LogP contribution in [0.1, 0.15) is 0 Å². The minimum atomic E-state index is 0.666. The Morgan fingerprint density at radius 2 is 1.45 bits per heavy atom. The third-order valence-electron chi connectivity index (χ3n) is 4.20. The highest BCUT2D eigenvalue weighted by atomic mass is 31.0. The quantitative estimate of drug-likeness (QED) is 0.401. The third-order valence-corrected chi connectivity index (χ3v) is 5.55. The summed E-state index contributed by atoms with van der Waals surface area (Å²) in [5, 5.41) is 2.77. The Balaban J connectivity index is 2.08. The van der Waals surface area contributed by atoms with E-state index in [1.165, 1.54) is 32.9 Å². The smallest absolute Gasteiger partial charge is 0.187 e. The average Bonchev–Trinajstić information content (AvgIpc) is 3.10. The minimum absolute atomic E-state index is 0.666. The number of fused-ring (bicyclic) bond motifs is 5. The van der Waals surface area contributed by atoms with Crippen LogP contribution in [0.3, 0.4) is 0 Å². The molecule has 1 unspecified atom stereocenters. The summed E-state index contributed by atoms with van der Waals surface area (Å²) >= 11 is 0. The Morgan fingerprint density at radius 1 is 0.727 bits per heavy atom. The van der Waals surface area contributed by atoms with Crippen LogP contribution in [0, 0.1) is 0 Å². The number of para-hydroxylation sites is 3. The third kappa shape index (κ3) is 1.53. The molecule has 5 aromatic rings. The zero-order valence-electron chi connectivity index (χ0n) is 11.9. The Morgan fingerprint density at radius 3 is 2.36 bits per heavy atom. The first-order valence-electron chi connectivity index (χ1n) is 7.41. The Labute approximate surface area is 129 Å².